The largest absolute Gasteiger partial charge is 0.493 e. The number of rotatable bonds is 6. The van der Waals surface area contributed by atoms with Gasteiger partial charge in [0.2, 0.25) is 5.91 Å². The Labute approximate surface area is 159 Å². The Morgan fingerprint density at radius 3 is 2.26 bits per heavy atom. The summed E-state index contributed by atoms with van der Waals surface area (Å²) in [6.45, 7) is 5.25. The summed E-state index contributed by atoms with van der Waals surface area (Å²) in [6, 6.07) is 11.0. The van der Waals surface area contributed by atoms with Crippen molar-refractivity contribution in [1.82, 2.24) is 5.32 Å². The maximum atomic E-state index is 12.7. The van der Waals surface area contributed by atoms with Crippen molar-refractivity contribution in [3.63, 3.8) is 0 Å². The van der Waals surface area contributed by atoms with E-state index >= 15 is 0 Å². The molecule has 2 amide bonds. The first-order valence-corrected chi connectivity index (χ1v) is 8.44. The molecule has 0 fully saturated rings. The fourth-order valence-electron chi connectivity index (χ4n) is 2.60. The number of anilines is 1. The molecule has 0 heterocycles. The number of nitrogens with one attached hydrogen (secondary N) is 2. The fraction of sp³-hybridized carbons (Fsp3) is 0.238. The summed E-state index contributed by atoms with van der Waals surface area (Å²) in [5.74, 6) is 0.364. The summed E-state index contributed by atoms with van der Waals surface area (Å²) in [4.78, 5) is 24.3. The van der Waals surface area contributed by atoms with Crippen LogP contribution in [-0.2, 0) is 9.59 Å². The van der Waals surface area contributed by atoms with Gasteiger partial charge in [0, 0.05) is 12.6 Å². The zero-order valence-electron chi connectivity index (χ0n) is 16.2. The molecule has 27 heavy (non-hydrogen) atoms. The van der Waals surface area contributed by atoms with Gasteiger partial charge in [-0.05, 0) is 49.2 Å². The Bertz CT molecular complexity index is 888. The molecule has 0 aliphatic carbocycles. The van der Waals surface area contributed by atoms with E-state index in [2.05, 4.69) is 10.6 Å². The van der Waals surface area contributed by atoms with Crippen LogP contribution >= 0.6 is 0 Å². The topological polar surface area (TPSA) is 76.7 Å². The first kappa shape index (κ1) is 20.0. The van der Waals surface area contributed by atoms with Crippen molar-refractivity contribution in [3.8, 4) is 11.5 Å². The number of amides is 2. The van der Waals surface area contributed by atoms with Crippen molar-refractivity contribution in [2.45, 2.75) is 20.8 Å². The summed E-state index contributed by atoms with van der Waals surface area (Å²) < 4.78 is 10.5. The van der Waals surface area contributed by atoms with E-state index in [1.807, 2.05) is 32.0 Å². The maximum Gasteiger partial charge on any atom is 0.272 e. The minimum atomic E-state index is -0.410. The van der Waals surface area contributed by atoms with E-state index in [0.717, 1.165) is 11.1 Å². The van der Waals surface area contributed by atoms with Gasteiger partial charge in [-0.25, -0.2) is 0 Å². The van der Waals surface area contributed by atoms with Crippen molar-refractivity contribution in [1.29, 1.82) is 0 Å². The maximum absolute atomic E-state index is 12.7. The van der Waals surface area contributed by atoms with Crippen LogP contribution in [0.3, 0.4) is 0 Å². The minimum absolute atomic E-state index is 0.134. The Hall–Kier alpha value is -3.28. The zero-order chi connectivity index (χ0) is 20.0. The molecule has 0 saturated carbocycles. The monoisotopic (exact) mass is 368 g/mol. The first-order valence-electron chi connectivity index (χ1n) is 8.44. The molecule has 6 nitrogen and oxygen atoms in total. The van der Waals surface area contributed by atoms with Crippen LogP contribution in [0, 0.1) is 13.8 Å². The highest BCUT2D eigenvalue weighted by Gasteiger charge is 2.14. The molecule has 0 atom stereocenters. The molecule has 2 aromatic rings. The van der Waals surface area contributed by atoms with Crippen LogP contribution in [0.4, 0.5) is 5.69 Å². The number of hydrogen-bond donors (Lipinski definition) is 2. The van der Waals surface area contributed by atoms with E-state index in [1.54, 1.807) is 31.4 Å². The quantitative estimate of drug-likeness (QED) is 0.766. The third-order valence-electron chi connectivity index (χ3n) is 3.90. The lowest BCUT2D eigenvalue weighted by Gasteiger charge is -2.13. The van der Waals surface area contributed by atoms with Gasteiger partial charge in [0.05, 0.1) is 14.2 Å². The van der Waals surface area contributed by atoms with Gasteiger partial charge in [-0.2, -0.15) is 0 Å². The number of methoxy groups -OCH3 is 2. The summed E-state index contributed by atoms with van der Waals surface area (Å²) in [5.41, 5.74) is 3.56. The second-order valence-electron chi connectivity index (χ2n) is 6.13. The molecule has 0 aliphatic rings. The van der Waals surface area contributed by atoms with Crippen molar-refractivity contribution >= 4 is 23.6 Å². The number of aryl methyl sites for hydroxylation is 2. The summed E-state index contributed by atoms with van der Waals surface area (Å²) >= 11 is 0. The number of ether oxygens (including phenoxy) is 2. The van der Waals surface area contributed by atoms with Gasteiger partial charge in [0.25, 0.3) is 5.91 Å². The third-order valence-corrected chi connectivity index (χ3v) is 3.90. The van der Waals surface area contributed by atoms with Crippen LogP contribution in [0.25, 0.3) is 6.08 Å². The first-order chi connectivity index (χ1) is 12.8. The smallest absolute Gasteiger partial charge is 0.272 e. The Kier molecular flexibility index (Phi) is 6.60. The Morgan fingerprint density at radius 1 is 0.963 bits per heavy atom. The SMILES string of the molecule is COc1ccc(C=C(NC(C)=O)C(=O)Nc2ccc(C)cc2C)cc1OC. The van der Waals surface area contributed by atoms with E-state index in [9.17, 15) is 9.59 Å². The highest BCUT2D eigenvalue weighted by molar-refractivity contribution is 6.08. The van der Waals surface area contributed by atoms with Crippen molar-refractivity contribution in [2.75, 3.05) is 19.5 Å². The fourth-order valence-corrected chi connectivity index (χ4v) is 2.60. The normalized spacial score (nSPS) is 10.9. The van der Waals surface area contributed by atoms with Gasteiger partial charge < -0.3 is 20.1 Å². The summed E-state index contributed by atoms with van der Waals surface area (Å²) in [6.07, 6.45) is 1.59. The molecule has 142 valence electrons. The minimum Gasteiger partial charge on any atom is -0.493 e. The van der Waals surface area contributed by atoms with Crippen LogP contribution in [0.15, 0.2) is 42.1 Å². The lowest BCUT2D eigenvalue weighted by molar-refractivity contribution is -0.120. The standard InChI is InChI=1S/C21H24N2O4/c1-13-6-8-17(14(2)10-13)23-21(25)18(22-15(3)24)11-16-7-9-19(26-4)20(12-16)27-5/h6-12H,1-5H3,(H,22,24)(H,23,25). The molecule has 0 radical (unpaired) electrons. The predicted molar refractivity (Wildman–Crippen MR) is 106 cm³/mol. The van der Waals surface area contributed by atoms with Gasteiger partial charge in [0.15, 0.2) is 11.5 Å². The number of carbonyl (C=O) groups is 2. The van der Waals surface area contributed by atoms with Gasteiger partial charge in [-0.1, -0.05) is 23.8 Å². The molecule has 2 aromatic carbocycles. The number of benzene rings is 2. The van der Waals surface area contributed by atoms with E-state index in [1.165, 1.54) is 14.0 Å². The molecule has 0 bridgehead atoms. The average molecular weight is 368 g/mol. The molecular weight excluding hydrogens is 344 g/mol. The predicted octanol–water partition coefficient (Wildman–Crippen LogP) is 3.44. The molecular formula is C21H24N2O4. The van der Waals surface area contributed by atoms with E-state index in [0.29, 0.717) is 22.7 Å². The third kappa shape index (κ3) is 5.34. The van der Waals surface area contributed by atoms with Gasteiger partial charge in [-0.3, -0.25) is 9.59 Å². The molecule has 0 aliphatic heterocycles. The lowest BCUT2D eigenvalue weighted by Crippen LogP contribution is -2.29. The molecule has 0 saturated heterocycles. The zero-order valence-corrected chi connectivity index (χ0v) is 16.2. The summed E-state index contributed by atoms with van der Waals surface area (Å²) in [7, 11) is 3.08. The highest BCUT2D eigenvalue weighted by Crippen LogP contribution is 2.28. The van der Waals surface area contributed by atoms with Crippen LogP contribution in [0.2, 0.25) is 0 Å². The molecule has 0 aromatic heterocycles. The van der Waals surface area contributed by atoms with E-state index < -0.39 is 5.91 Å². The van der Waals surface area contributed by atoms with E-state index in [-0.39, 0.29) is 11.6 Å². The summed E-state index contributed by atoms with van der Waals surface area (Å²) in [5, 5.41) is 5.42. The van der Waals surface area contributed by atoms with Gasteiger partial charge >= 0.3 is 0 Å². The number of carbonyl (C=O) groups excluding carboxylic acids is 2. The molecule has 6 heteroatoms. The second kappa shape index (κ2) is 8.89. The number of hydrogen-bond acceptors (Lipinski definition) is 4. The van der Waals surface area contributed by atoms with Crippen LogP contribution in [0.5, 0.6) is 11.5 Å². The van der Waals surface area contributed by atoms with Crippen LogP contribution in [-0.4, -0.2) is 26.0 Å². The molecule has 0 unspecified atom stereocenters. The van der Waals surface area contributed by atoms with Gasteiger partial charge in [-0.15, -0.1) is 0 Å². The Balaban J connectivity index is 2.34. The van der Waals surface area contributed by atoms with Gasteiger partial charge in [0.1, 0.15) is 5.70 Å². The Morgan fingerprint density at radius 2 is 1.67 bits per heavy atom. The van der Waals surface area contributed by atoms with E-state index in [4.69, 9.17) is 9.47 Å². The van der Waals surface area contributed by atoms with Crippen LogP contribution in [0.1, 0.15) is 23.6 Å². The van der Waals surface area contributed by atoms with Crippen molar-refractivity contribution in [3.05, 3.63) is 58.8 Å². The molecule has 2 N–H and O–H groups in total. The lowest BCUT2D eigenvalue weighted by atomic mass is 10.1. The second-order valence-corrected chi connectivity index (χ2v) is 6.13. The van der Waals surface area contributed by atoms with Crippen molar-refractivity contribution < 1.29 is 19.1 Å². The highest BCUT2D eigenvalue weighted by atomic mass is 16.5. The van der Waals surface area contributed by atoms with Crippen molar-refractivity contribution in [2.24, 2.45) is 0 Å². The molecule has 0 spiro atoms. The molecule has 2 rings (SSSR count). The average Bonchev–Trinajstić information content (AvgIpc) is 2.62. The van der Waals surface area contributed by atoms with Crippen LogP contribution < -0.4 is 20.1 Å².